The third-order valence-electron chi connectivity index (χ3n) is 4.14. The molecular weight excluding hydrogens is 427 g/mol. The average molecular weight is 449 g/mol. The molecule has 0 saturated carbocycles. The van der Waals surface area contributed by atoms with Gasteiger partial charge >= 0.3 is 6.36 Å². The van der Waals surface area contributed by atoms with Crippen LogP contribution < -0.4 is 21.9 Å². The summed E-state index contributed by atoms with van der Waals surface area (Å²) in [6.45, 7) is 0.798. The molecule has 30 heavy (non-hydrogen) atoms. The van der Waals surface area contributed by atoms with Crippen LogP contribution in [0, 0.1) is 0 Å². The standard InChI is InChI=1S/C16H22F3N7O3S/c1-30(27,28)12-6-8-26(9-7-12)15(22)25-14(21)24-13(20)23-10-2-4-11(5-3-10)29-16(17,18)19/h2-5,12H,6-9H2,1H3,(H6,20,21,22,23,24,25). The summed E-state index contributed by atoms with van der Waals surface area (Å²) < 4.78 is 63.4. The number of nitrogens with zero attached hydrogens (tertiary/aromatic N) is 4. The summed E-state index contributed by atoms with van der Waals surface area (Å²) >= 11 is 0. The van der Waals surface area contributed by atoms with E-state index in [1.165, 1.54) is 18.4 Å². The molecule has 1 aromatic carbocycles. The smallest absolute Gasteiger partial charge is 0.406 e. The van der Waals surface area contributed by atoms with E-state index in [0.717, 1.165) is 12.1 Å². The zero-order valence-corrected chi connectivity index (χ0v) is 16.8. The lowest BCUT2D eigenvalue weighted by atomic mass is 10.1. The van der Waals surface area contributed by atoms with Crippen LogP contribution in [0.15, 0.2) is 39.2 Å². The minimum absolute atomic E-state index is 0.0599. The molecule has 0 amide bonds. The largest absolute Gasteiger partial charge is 0.573 e. The molecule has 1 aliphatic rings. The molecule has 6 N–H and O–H groups in total. The molecular formula is C16H22F3N7O3S. The predicted molar refractivity (Wildman–Crippen MR) is 107 cm³/mol. The van der Waals surface area contributed by atoms with Crippen molar-refractivity contribution in [2.75, 3.05) is 19.3 Å². The van der Waals surface area contributed by atoms with Gasteiger partial charge in [0.2, 0.25) is 11.9 Å². The highest BCUT2D eigenvalue weighted by molar-refractivity contribution is 7.91. The highest BCUT2D eigenvalue weighted by Crippen LogP contribution is 2.24. The van der Waals surface area contributed by atoms with Crippen LogP contribution in [-0.4, -0.2) is 62.2 Å². The number of hydrogen-bond donors (Lipinski definition) is 3. The van der Waals surface area contributed by atoms with Gasteiger partial charge in [-0.15, -0.1) is 13.2 Å². The van der Waals surface area contributed by atoms with E-state index in [-0.39, 0.29) is 23.6 Å². The van der Waals surface area contributed by atoms with Crippen molar-refractivity contribution < 1.29 is 26.3 Å². The van der Waals surface area contributed by atoms with Gasteiger partial charge in [0.05, 0.1) is 10.9 Å². The fraction of sp³-hybridized carbons (Fsp3) is 0.438. The molecule has 10 nitrogen and oxygen atoms in total. The van der Waals surface area contributed by atoms with Crippen LogP contribution in [0.2, 0.25) is 0 Å². The zero-order chi connectivity index (χ0) is 22.5. The molecule has 0 bridgehead atoms. The number of hydrogen-bond acceptors (Lipinski definition) is 4. The second kappa shape index (κ2) is 9.19. The van der Waals surface area contributed by atoms with Crippen molar-refractivity contribution in [2.45, 2.75) is 24.5 Å². The summed E-state index contributed by atoms with van der Waals surface area (Å²) in [4.78, 5) is 13.3. The number of alkyl halides is 3. The lowest BCUT2D eigenvalue weighted by molar-refractivity contribution is -0.274. The minimum Gasteiger partial charge on any atom is -0.406 e. The number of nitrogens with two attached hydrogens (primary N) is 3. The number of piperidine rings is 1. The van der Waals surface area contributed by atoms with Gasteiger partial charge in [-0.05, 0) is 37.1 Å². The van der Waals surface area contributed by atoms with Crippen molar-refractivity contribution in [1.29, 1.82) is 0 Å². The van der Waals surface area contributed by atoms with Gasteiger partial charge < -0.3 is 26.8 Å². The number of likely N-dealkylation sites (tertiary alicyclic amines) is 1. The number of aliphatic imine (C=N–C) groups is 3. The van der Waals surface area contributed by atoms with Gasteiger partial charge in [0.25, 0.3) is 0 Å². The Balaban J connectivity index is 2.00. The molecule has 166 valence electrons. The third kappa shape index (κ3) is 7.42. The number of sulfone groups is 1. The van der Waals surface area contributed by atoms with Crippen LogP contribution in [0.5, 0.6) is 5.75 Å². The Labute approximate surface area is 171 Å². The van der Waals surface area contributed by atoms with Crippen LogP contribution in [0.4, 0.5) is 18.9 Å². The molecule has 0 aromatic heterocycles. The predicted octanol–water partition coefficient (Wildman–Crippen LogP) is 0.670. The Kier molecular flexibility index (Phi) is 7.12. The molecule has 0 spiro atoms. The normalized spacial score (nSPS) is 17.9. The van der Waals surface area contributed by atoms with E-state index in [4.69, 9.17) is 17.2 Å². The molecule has 0 atom stereocenters. The Bertz CT molecular complexity index is 936. The van der Waals surface area contributed by atoms with E-state index in [2.05, 4.69) is 19.7 Å². The Morgan fingerprint density at radius 1 is 1.07 bits per heavy atom. The fourth-order valence-electron chi connectivity index (χ4n) is 2.72. The van der Waals surface area contributed by atoms with Crippen molar-refractivity contribution in [2.24, 2.45) is 32.2 Å². The topological polar surface area (TPSA) is 162 Å². The van der Waals surface area contributed by atoms with Crippen molar-refractivity contribution in [3.8, 4) is 5.75 Å². The number of halogens is 3. The molecule has 1 aromatic rings. The quantitative estimate of drug-likeness (QED) is 0.451. The zero-order valence-electron chi connectivity index (χ0n) is 16.0. The molecule has 2 rings (SSSR count). The van der Waals surface area contributed by atoms with E-state index in [0.29, 0.717) is 25.9 Å². The lowest BCUT2D eigenvalue weighted by Crippen LogP contribution is -2.46. The van der Waals surface area contributed by atoms with E-state index in [9.17, 15) is 21.6 Å². The van der Waals surface area contributed by atoms with Gasteiger partial charge in [-0.3, -0.25) is 0 Å². The van der Waals surface area contributed by atoms with Gasteiger partial charge in [-0.25, -0.2) is 13.4 Å². The first-order valence-corrected chi connectivity index (χ1v) is 10.6. The van der Waals surface area contributed by atoms with Crippen molar-refractivity contribution >= 4 is 33.4 Å². The van der Waals surface area contributed by atoms with Crippen molar-refractivity contribution in [3.05, 3.63) is 24.3 Å². The van der Waals surface area contributed by atoms with Crippen molar-refractivity contribution in [3.63, 3.8) is 0 Å². The highest BCUT2D eigenvalue weighted by atomic mass is 32.2. The van der Waals surface area contributed by atoms with Gasteiger partial charge in [0.1, 0.15) is 15.6 Å². The number of benzene rings is 1. The summed E-state index contributed by atoms with van der Waals surface area (Å²) in [6, 6.07) is 4.65. The first kappa shape index (κ1) is 23.3. The molecule has 14 heteroatoms. The summed E-state index contributed by atoms with van der Waals surface area (Å²) in [6.07, 6.45) is -2.75. The van der Waals surface area contributed by atoms with Crippen LogP contribution in [-0.2, 0) is 9.84 Å². The summed E-state index contributed by atoms with van der Waals surface area (Å²) in [7, 11) is -3.11. The second-order valence-corrected chi connectivity index (χ2v) is 8.79. The van der Waals surface area contributed by atoms with Crippen LogP contribution >= 0.6 is 0 Å². The Morgan fingerprint density at radius 2 is 1.63 bits per heavy atom. The van der Waals surface area contributed by atoms with Crippen LogP contribution in [0.25, 0.3) is 0 Å². The SMILES string of the molecule is CS(=O)(=O)C1CCN(/C(N)=N/C(N)=N/C(N)=Nc2ccc(OC(F)(F)F)cc2)CC1. The molecule has 1 fully saturated rings. The minimum atomic E-state index is -4.79. The monoisotopic (exact) mass is 449 g/mol. The molecule has 0 aliphatic carbocycles. The maximum Gasteiger partial charge on any atom is 0.573 e. The van der Waals surface area contributed by atoms with Crippen LogP contribution in [0.1, 0.15) is 12.8 Å². The van der Waals surface area contributed by atoms with Crippen LogP contribution in [0.3, 0.4) is 0 Å². The Morgan fingerprint density at radius 3 is 2.13 bits per heavy atom. The maximum atomic E-state index is 12.2. The summed E-state index contributed by atoms with van der Waals surface area (Å²) in [5.74, 6) is -0.912. The van der Waals surface area contributed by atoms with E-state index in [1.807, 2.05) is 0 Å². The average Bonchev–Trinajstić information content (AvgIpc) is 2.61. The Hall–Kier alpha value is -3.03. The molecule has 0 radical (unpaired) electrons. The highest BCUT2D eigenvalue weighted by Gasteiger charge is 2.31. The van der Waals surface area contributed by atoms with Gasteiger partial charge in [-0.1, -0.05) is 0 Å². The molecule has 1 heterocycles. The maximum absolute atomic E-state index is 12.2. The number of guanidine groups is 3. The first-order chi connectivity index (χ1) is 13.8. The third-order valence-corrected chi connectivity index (χ3v) is 5.83. The fourth-order valence-corrected chi connectivity index (χ4v) is 3.79. The number of ether oxygens (including phenoxy) is 1. The van der Waals surface area contributed by atoms with Crippen molar-refractivity contribution in [1.82, 2.24) is 4.90 Å². The molecule has 1 aliphatic heterocycles. The molecule has 1 saturated heterocycles. The van der Waals surface area contributed by atoms with E-state index >= 15 is 0 Å². The number of rotatable bonds is 3. The summed E-state index contributed by atoms with van der Waals surface area (Å²) in [5.41, 5.74) is 17.4. The lowest BCUT2D eigenvalue weighted by Gasteiger charge is -2.31. The van der Waals surface area contributed by atoms with Gasteiger partial charge in [0.15, 0.2) is 5.96 Å². The summed E-state index contributed by atoms with van der Waals surface area (Å²) in [5, 5.41) is -0.414. The van der Waals surface area contributed by atoms with E-state index in [1.54, 1.807) is 4.90 Å². The van der Waals surface area contributed by atoms with E-state index < -0.39 is 27.2 Å². The molecule has 0 unspecified atom stereocenters. The van der Waals surface area contributed by atoms with Gasteiger partial charge in [-0.2, -0.15) is 9.98 Å². The first-order valence-electron chi connectivity index (χ1n) is 8.65. The van der Waals surface area contributed by atoms with Gasteiger partial charge in [0, 0.05) is 19.3 Å². The second-order valence-electron chi connectivity index (χ2n) is 6.47.